The summed E-state index contributed by atoms with van der Waals surface area (Å²) in [6.07, 6.45) is 5.43. The van der Waals surface area contributed by atoms with Crippen LogP contribution < -0.4 is 11.1 Å². The SMILES string of the molecule is Cl.NCCCCCCC(=O)NCCc1ccc(Cl)cc1Cl. The Labute approximate surface area is 143 Å². The summed E-state index contributed by atoms with van der Waals surface area (Å²) in [6.45, 7) is 1.33. The van der Waals surface area contributed by atoms with E-state index in [1.165, 1.54) is 0 Å². The van der Waals surface area contributed by atoms with E-state index in [1.54, 1.807) is 6.07 Å². The molecule has 0 heterocycles. The van der Waals surface area contributed by atoms with Gasteiger partial charge in [-0.25, -0.2) is 0 Å². The highest BCUT2D eigenvalue weighted by Crippen LogP contribution is 2.21. The molecule has 0 unspecified atom stereocenters. The Kier molecular flexibility index (Phi) is 11.8. The quantitative estimate of drug-likeness (QED) is 0.660. The van der Waals surface area contributed by atoms with Gasteiger partial charge in [-0.2, -0.15) is 0 Å². The molecule has 1 aromatic rings. The number of carbonyl (C=O) groups is 1. The Morgan fingerprint density at radius 2 is 1.86 bits per heavy atom. The predicted octanol–water partition coefficient (Wildman–Crippen LogP) is 3.98. The molecule has 0 aliphatic rings. The minimum atomic E-state index is 0. The molecule has 0 atom stereocenters. The van der Waals surface area contributed by atoms with Crippen LogP contribution in [0.3, 0.4) is 0 Å². The molecule has 21 heavy (non-hydrogen) atoms. The summed E-state index contributed by atoms with van der Waals surface area (Å²) < 4.78 is 0. The van der Waals surface area contributed by atoms with Crippen molar-refractivity contribution in [1.82, 2.24) is 5.32 Å². The molecule has 0 aliphatic carbocycles. The second kappa shape index (κ2) is 12.1. The molecule has 1 amide bonds. The second-order valence-corrected chi connectivity index (χ2v) is 5.63. The largest absolute Gasteiger partial charge is 0.356 e. The smallest absolute Gasteiger partial charge is 0.220 e. The minimum absolute atomic E-state index is 0. The lowest BCUT2D eigenvalue weighted by Crippen LogP contribution is -2.25. The van der Waals surface area contributed by atoms with Crippen molar-refractivity contribution in [3.8, 4) is 0 Å². The first-order chi connectivity index (χ1) is 9.63. The minimum Gasteiger partial charge on any atom is -0.356 e. The van der Waals surface area contributed by atoms with E-state index in [0.29, 0.717) is 23.0 Å². The number of halogens is 3. The number of nitrogens with one attached hydrogen (secondary N) is 1. The van der Waals surface area contributed by atoms with Crippen molar-refractivity contribution in [3.63, 3.8) is 0 Å². The van der Waals surface area contributed by atoms with Gasteiger partial charge in [0.1, 0.15) is 0 Å². The number of hydrogen-bond donors (Lipinski definition) is 2. The Bertz CT molecular complexity index is 427. The van der Waals surface area contributed by atoms with E-state index in [4.69, 9.17) is 28.9 Å². The van der Waals surface area contributed by atoms with Gasteiger partial charge in [0.25, 0.3) is 0 Å². The molecule has 0 saturated heterocycles. The van der Waals surface area contributed by atoms with E-state index >= 15 is 0 Å². The first kappa shape index (κ1) is 20.5. The molecule has 3 nitrogen and oxygen atoms in total. The molecule has 1 rings (SSSR count). The van der Waals surface area contributed by atoms with Crippen molar-refractivity contribution in [2.75, 3.05) is 13.1 Å². The molecule has 0 aliphatic heterocycles. The van der Waals surface area contributed by atoms with Gasteiger partial charge in [-0.05, 0) is 43.5 Å². The molecule has 0 spiro atoms. The third-order valence-electron chi connectivity index (χ3n) is 3.09. The van der Waals surface area contributed by atoms with Gasteiger partial charge in [-0.15, -0.1) is 12.4 Å². The zero-order valence-corrected chi connectivity index (χ0v) is 14.4. The molecule has 1 aromatic carbocycles. The predicted molar refractivity (Wildman–Crippen MR) is 92.6 cm³/mol. The van der Waals surface area contributed by atoms with E-state index in [2.05, 4.69) is 5.32 Å². The van der Waals surface area contributed by atoms with Gasteiger partial charge in [0.15, 0.2) is 0 Å². The van der Waals surface area contributed by atoms with Crippen LogP contribution in [0.25, 0.3) is 0 Å². The van der Waals surface area contributed by atoms with E-state index < -0.39 is 0 Å². The monoisotopic (exact) mass is 352 g/mol. The third kappa shape index (κ3) is 9.20. The van der Waals surface area contributed by atoms with Crippen molar-refractivity contribution < 1.29 is 4.79 Å². The fourth-order valence-corrected chi connectivity index (χ4v) is 2.44. The topological polar surface area (TPSA) is 55.1 Å². The van der Waals surface area contributed by atoms with Gasteiger partial charge in [0, 0.05) is 23.0 Å². The molecule has 120 valence electrons. The molecule has 3 N–H and O–H groups in total. The van der Waals surface area contributed by atoms with Crippen molar-refractivity contribution in [2.24, 2.45) is 5.73 Å². The summed E-state index contributed by atoms with van der Waals surface area (Å²) >= 11 is 11.9. The van der Waals surface area contributed by atoms with Crippen LogP contribution in [-0.4, -0.2) is 19.0 Å². The number of unbranched alkanes of at least 4 members (excludes halogenated alkanes) is 3. The molecule has 0 aromatic heterocycles. The highest BCUT2D eigenvalue weighted by Gasteiger charge is 2.03. The van der Waals surface area contributed by atoms with Crippen LogP contribution in [-0.2, 0) is 11.2 Å². The number of benzene rings is 1. The lowest BCUT2D eigenvalue weighted by molar-refractivity contribution is -0.121. The Morgan fingerprint density at radius 3 is 2.52 bits per heavy atom. The first-order valence-electron chi connectivity index (χ1n) is 7.04. The summed E-state index contributed by atoms with van der Waals surface area (Å²) in [5, 5.41) is 4.18. The van der Waals surface area contributed by atoms with Crippen molar-refractivity contribution in [1.29, 1.82) is 0 Å². The van der Waals surface area contributed by atoms with Crippen molar-refractivity contribution >= 4 is 41.5 Å². The highest BCUT2D eigenvalue weighted by atomic mass is 35.5. The molecule has 0 fully saturated rings. The summed E-state index contributed by atoms with van der Waals surface area (Å²) in [5.41, 5.74) is 6.41. The van der Waals surface area contributed by atoms with Crippen LogP contribution in [0.5, 0.6) is 0 Å². The third-order valence-corrected chi connectivity index (χ3v) is 3.68. The van der Waals surface area contributed by atoms with Crippen LogP contribution in [0.4, 0.5) is 0 Å². The van der Waals surface area contributed by atoms with Gasteiger partial charge >= 0.3 is 0 Å². The fraction of sp³-hybridized carbons (Fsp3) is 0.533. The van der Waals surface area contributed by atoms with Gasteiger partial charge in [-0.1, -0.05) is 42.1 Å². The maximum absolute atomic E-state index is 11.6. The summed E-state index contributed by atoms with van der Waals surface area (Å²) in [7, 11) is 0. The Balaban J connectivity index is 0.00000400. The fourth-order valence-electron chi connectivity index (χ4n) is 1.93. The van der Waals surface area contributed by atoms with Crippen LogP contribution in [0.1, 0.15) is 37.7 Å². The lowest BCUT2D eigenvalue weighted by Gasteiger charge is -2.07. The lowest BCUT2D eigenvalue weighted by atomic mass is 10.1. The molecule has 0 bridgehead atoms. The van der Waals surface area contributed by atoms with Crippen molar-refractivity contribution in [2.45, 2.75) is 38.5 Å². The standard InChI is InChI=1S/C15H22Cl2N2O.ClH/c16-13-7-6-12(14(17)11-13)8-10-19-15(20)5-3-1-2-4-9-18;/h6-7,11H,1-5,8-10,18H2,(H,19,20);1H. The Hall–Kier alpha value is -0.480. The van der Waals surface area contributed by atoms with Crippen LogP contribution >= 0.6 is 35.6 Å². The summed E-state index contributed by atoms with van der Waals surface area (Å²) in [4.78, 5) is 11.6. The van der Waals surface area contributed by atoms with Gasteiger partial charge in [0.2, 0.25) is 5.91 Å². The maximum Gasteiger partial charge on any atom is 0.220 e. The van der Waals surface area contributed by atoms with Crippen LogP contribution in [0.15, 0.2) is 18.2 Å². The molecule has 6 heteroatoms. The second-order valence-electron chi connectivity index (χ2n) is 4.79. The number of carbonyl (C=O) groups excluding carboxylic acids is 1. The zero-order valence-electron chi connectivity index (χ0n) is 12.0. The number of hydrogen-bond acceptors (Lipinski definition) is 2. The highest BCUT2D eigenvalue weighted by molar-refractivity contribution is 6.35. The van der Waals surface area contributed by atoms with E-state index in [0.717, 1.165) is 44.2 Å². The number of rotatable bonds is 9. The maximum atomic E-state index is 11.6. The van der Waals surface area contributed by atoms with E-state index in [-0.39, 0.29) is 18.3 Å². The molecular formula is C15H23Cl3N2O. The first-order valence-corrected chi connectivity index (χ1v) is 7.79. The summed E-state index contributed by atoms with van der Waals surface area (Å²) in [5.74, 6) is 0.0998. The number of amides is 1. The average Bonchev–Trinajstić information content (AvgIpc) is 2.41. The zero-order chi connectivity index (χ0) is 14.8. The molecule has 0 radical (unpaired) electrons. The van der Waals surface area contributed by atoms with Gasteiger partial charge in [0.05, 0.1) is 0 Å². The van der Waals surface area contributed by atoms with Crippen LogP contribution in [0, 0.1) is 0 Å². The van der Waals surface area contributed by atoms with E-state index in [1.807, 2.05) is 12.1 Å². The van der Waals surface area contributed by atoms with Crippen molar-refractivity contribution in [3.05, 3.63) is 33.8 Å². The summed E-state index contributed by atoms with van der Waals surface area (Å²) in [6, 6.07) is 5.42. The van der Waals surface area contributed by atoms with Gasteiger partial charge < -0.3 is 11.1 Å². The van der Waals surface area contributed by atoms with E-state index in [9.17, 15) is 4.79 Å². The van der Waals surface area contributed by atoms with Gasteiger partial charge in [-0.3, -0.25) is 4.79 Å². The molecule has 0 saturated carbocycles. The molecular weight excluding hydrogens is 331 g/mol. The Morgan fingerprint density at radius 1 is 1.14 bits per heavy atom. The van der Waals surface area contributed by atoms with Crippen LogP contribution in [0.2, 0.25) is 10.0 Å². The average molecular weight is 354 g/mol. The normalized spacial score (nSPS) is 10.0. The number of nitrogens with two attached hydrogens (primary N) is 1.